The minimum absolute atomic E-state index is 0.234. The first-order valence-corrected chi connectivity index (χ1v) is 8.71. The predicted molar refractivity (Wildman–Crippen MR) is 106 cm³/mol. The van der Waals surface area contributed by atoms with Gasteiger partial charge < -0.3 is 15.4 Å². The summed E-state index contributed by atoms with van der Waals surface area (Å²) >= 11 is 6.12. The van der Waals surface area contributed by atoms with E-state index in [1.165, 1.54) is 0 Å². The van der Waals surface area contributed by atoms with E-state index in [1.54, 1.807) is 19.2 Å². The summed E-state index contributed by atoms with van der Waals surface area (Å²) in [6.07, 6.45) is 0. The van der Waals surface area contributed by atoms with Gasteiger partial charge in [0, 0.05) is 22.8 Å². The van der Waals surface area contributed by atoms with Crippen LogP contribution in [0.1, 0.15) is 21.6 Å². The number of methoxy groups -OCH3 is 1. The molecule has 0 aliphatic carbocycles. The van der Waals surface area contributed by atoms with Gasteiger partial charge in [-0.2, -0.15) is 0 Å². The van der Waals surface area contributed by atoms with Crippen LogP contribution in [0.5, 0.6) is 5.75 Å². The minimum atomic E-state index is -0.307. The van der Waals surface area contributed by atoms with Crippen LogP contribution in [0, 0.1) is 6.92 Å². The van der Waals surface area contributed by atoms with Crippen molar-refractivity contribution in [2.45, 2.75) is 13.5 Å². The van der Waals surface area contributed by atoms with Crippen molar-refractivity contribution >= 4 is 29.0 Å². The highest BCUT2D eigenvalue weighted by molar-refractivity contribution is 6.31. The number of nitrogens with one attached hydrogen (secondary N) is 2. The average molecular weight is 383 g/mol. The molecule has 0 radical (unpaired) electrons. The Morgan fingerprint density at radius 2 is 1.93 bits per heavy atom. The van der Waals surface area contributed by atoms with Gasteiger partial charge in [0.25, 0.3) is 5.91 Å². The molecule has 0 unspecified atom stereocenters. The van der Waals surface area contributed by atoms with Crippen LogP contribution < -0.4 is 15.4 Å². The zero-order valence-electron chi connectivity index (χ0n) is 15.0. The molecule has 0 fully saturated rings. The molecular weight excluding hydrogens is 364 g/mol. The molecule has 138 valence electrons. The van der Waals surface area contributed by atoms with Crippen LogP contribution in [0.15, 0.2) is 54.6 Å². The van der Waals surface area contributed by atoms with Crippen molar-refractivity contribution in [2.24, 2.45) is 0 Å². The van der Waals surface area contributed by atoms with Gasteiger partial charge in [0.05, 0.1) is 7.11 Å². The lowest BCUT2D eigenvalue weighted by atomic mass is 10.2. The van der Waals surface area contributed by atoms with Crippen molar-refractivity contribution in [1.29, 1.82) is 0 Å². The fourth-order valence-electron chi connectivity index (χ4n) is 2.45. The summed E-state index contributed by atoms with van der Waals surface area (Å²) in [6, 6.07) is 16.4. The van der Waals surface area contributed by atoms with E-state index in [9.17, 15) is 4.79 Å². The van der Waals surface area contributed by atoms with E-state index in [4.69, 9.17) is 16.3 Å². The molecule has 1 amide bonds. The molecular formula is C20H19ClN4O2. The Morgan fingerprint density at radius 1 is 1.11 bits per heavy atom. The van der Waals surface area contributed by atoms with Gasteiger partial charge in [-0.05, 0) is 42.8 Å². The van der Waals surface area contributed by atoms with Crippen LogP contribution in [0.2, 0.25) is 5.02 Å². The van der Waals surface area contributed by atoms with Crippen LogP contribution in [-0.2, 0) is 6.54 Å². The number of rotatable bonds is 6. The number of benzene rings is 2. The second kappa shape index (κ2) is 8.51. The van der Waals surface area contributed by atoms with E-state index in [-0.39, 0.29) is 11.6 Å². The van der Waals surface area contributed by atoms with Crippen molar-refractivity contribution in [2.75, 3.05) is 12.4 Å². The minimum Gasteiger partial charge on any atom is -0.496 e. The summed E-state index contributed by atoms with van der Waals surface area (Å²) in [5.74, 6) is 0.940. The van der Waals surface area contributed by atoms with Crippen LogP contribution in [-0.4, -0.2) is 23.2 Å². The monoisotopic (exact) mass is 382 g/mol. The summed E-state index contributed by atoms with van der Waals surface area (Å²) < 4.78 is 5.27. The summed E-state index contributed by atoms with van der Waals surface area (Å²) in [5, 5.41) is 14.6. The fourth-order valence-corrected chi connectivity index (χ4v) is 2.63. The smallest absolute Gasteiger partial charge is 0.272 e. The van der Waals surface area contributed by atoms with Gasteiger partial charge in [-0.25, -0.2) is 0 Å². The number of carbonyl (C=O) groups is 1. The van der Waals surface area contributed by atoms with Gasteiger partial charge >= 0.3 is 0 Å². The second-order valence-corrected chi connectivity index (χ2v) is 6.29. The quantitative estimate of drug-likeness (QED) is 0.670. The van der Waals surface area contributed by atoms with Crippen molar-refractivity contribution in [1.82, 2.24) is 15.5 Å². The van der Waals surface area contributed by atoms with Crippen LogP contribution >= 0.6 is 11.6 Å². The number of anilines is 2. The topological polar surface area (TPSA) is 76.1 Å². The Morgan fingerprint density at radius 3 is 2.63 bits per heavy atom. The normalized spacial score (nSPS) is 10.3. The number of aromatic nitrogens is 2. The highest BCUT2D eigenvalue weighted by atomic mass is 35.5. The molecule has 0 aliphatic heterocycles. The third-order valence-electron chi connectivity index (χ3n) is 3.97. The van der Waals surface area contributed by atoms with Gasteiger partial charge in [-0.1, -0.05) is 35.9 Å². The summed E-state index contributed by atoms with van der Waals surface area (Å²) in [6.45, 7) is 2.27. The van der Waals surface area contributed by atoms with Crippen molar-refractivity contribution in [3.05, 3.63) is 76.4 Å². The Bertz CT molecular complexity index is 945. The van der Waals surface area contributed by atoms with E-state index in [2.05, 4.69) is 20.8 Å². The van der Waals surface area contributed by atoms with E-state index in [0.29, 0.717) is 17.4 Å². The van der Waals surface area contributed by atoms with Crippen LogP contribution in [0.3, 0.4) is 0 Å². The molecule has 3 aromatic rings. The number of nitrogens with zero attached hydrogens (tertiary/aromatic N) is 2. The van der Waals surface area contributed by atoms with Crippen molar-refractivity contribution in [3.63, 3.8) is 0 Å². The fraction of sp³-hybridized carbons (Fsp3) is 0.150. The molecule has 0 spiro atoms. The molecule has 0 bridgehead atoms. The third kappa shape index (κ3) is 4.74. The maximum atomic E-state index is 12.3. The lowest BCUT2D eigenvalue weighted by molar-refractivity contribution is 0.0944. The van der Waals surface area contributed by atoms with Gasteiger partial charge in [-0.3, -0.25) is 4.79 Å². The molecule has 1 heterocycles. The van der Waals surface area contributed by atoms with E-state index in [1.807, 2.05) is 49.4 Å². The first-order valence-electron chi connectivity index (χ1n) is 8.34. The highest BCUT2D eigenvalue weighted by Gasteiger charge is 2.10. The Hall–Kier alpha value is -3.12. The SMILES string of the molecule is COc1ccccc1CNC(=O)c1ccc(Nc2ccc(C)c(Cl)c2)nn1. The Kier molecular flexibility index (Phi) is 5.88. The average Bonchev–Trinajstić information content (AvgIpc) is 2.69. The number of amides is 1. The lowest BCUT2D eigenvalue weighted by Crippen LogP contribution is -2.24. The highest BCUT2D eigenvalue weighted by Crippen LogP contribution is 2.22. The first kappa shape index (κ1) is 18.7. The predicted octanol–water partition coefficient (Wildman–Crippen LogP) is 4.12. The summed E-state index contributed by atoms with van der Waals surface area (Å²) in [5.41, 5.74) is 2.91. The maximum Gasteiger partial charge on any atom is 0.272 e. The molecule has 3 rings (SSSR count). The van der Waals surface area contributed by atoms with Gasteiger partial charge in [0.2, 0.25) is 0 Å². The molecule has 0 atom stereocenters. The van der Waals surface area contributed by atoms with Gasteiger partial charge in [0.15, 0.2) is 11.5 Å². The Labute approximate surface area is 162 Å². The zero-order chi connectivity index (χ0) is 19.2. The molecule has 2 aromatic carbocycles. The zero-order valence-corrected chi connectivity index (χ0v) is 15.7. The van der Waals surface area contributed by atoms with Crippen molar-refractivity contribution < 1.29 is 9.53 Å². The molecule has 6 nitrogen and oxygen atoms in total. The van der Waals surface area contributed by atoms with E-state index < -0.39 is 0 Å². The molecule has 0 aliphatic rings. The summed E-state index contributed by atoms with van der Waals surface area (Å²) in [4.78, 5) is 12.3. The number of para-hydroxylation sites is 1. The number of aryl methyl sites for hydroxylation is 1. The first-order chi connectivity index (χ1) is 13.1. The third-order valence-corrected chi connectivity index (χ3v) is 4.38. The largest absolute Gasteiger partial charge is 0.496 e. The molecule has 7 heteroatoms. The molecule has 1 aromatic heterocycles. The maximum absolute atomic E-state index is 12.3. The second-order valence-electron chi connectivity index (χ2n) is 5.89. The number of carbonyl (C=O) groups excluding carboxylic acids is 1. The standard InChI is InChI=1S/C20H19ClN4O2/c1-13-7-8-15(11-16(13)21)23-19-10-9-17(24-25-19)20(26)22-12-14-5-3-4-6-18(14)27-2/h3-11H,12H2,1-2H3,(H,22,26)(H,23,25). The molecule has 2 N–H and O–H groups in total. The lowest BCUT2D eigenvalue weighted by Gasteiger charge is -2.09. The van der Waals surface area contributed by atoms with E-state index in [0.717, 1.165) is 22.6 Å². The number of hydrogen-bond acceptors (Lipinski definition) is 5. The molecule has 0 saturated heterocycles. The molecule has 27 heavy (non-hydrogen) atoms. The number of hydrogen-bond donors (Lipinski definition) is 2. The molecule has 0 saturated carbocycles. The van der Waals surface area contributed by atoms with Crippen molar-refractivity contribution in [3.8, 4) is 5.75 Å². The van der Waals surface area contributed by atoms with Crippen LogP contribution in [0.25, 0.3) is 0 Å². The van der Waals surface area contributed by atoms with Crippen LogP contribution in [0.4, 0.5) is 11.5 Å². The number of halogens is 1. The van der Waals surface area contributed by atoms with Gasteiger partial charge in [-0.15, -0.1) is 10.2 Å². The number of ether oxygens (including phenoxy) is 1. The van der Waals surface area contributed by atoms with E-state index >= 15 is 0 Å². The summed E-state index contributed by atoms with van der Waals surface area (Å²) in [7, 11) is 1.60. The van der Waals surface area contributed by atoms with Gasteiger partial charge in [0.1, 0.15) is 5.75 Å². The Balaban J connectivity index is 1.62.